The molecule has 0 N–H and O–H groups in total. The molecule has 0 radical (unpaired) electrons. The van der Waals surface area contributed by atoms with Crippen LogP contribution in [0.25, 0.3) is 0 Å². The van der Waals surface area contributed by atoms with Gasteiger partial charge in [0.1, 0.15) is 16.8 Å². The van der Waals surface area contributed by atoms with Crippen LogP contribution in [-0.4, -0.2) is 23.6 Å². The Hall–Kier alpha value is -0.830. The fraction of sp³-hybridized carbons (Fsp3) is 0.714. The van der Waals surface area contributed by atoms with Crippen molar-refractivity contribution >= 4 is 17.4 Å². The number of anilines is 1. The third-order valence-corrected chi connectivity index (χ3v) is 4.16. The van der Waals surface area contributed by atoms with Crippen molar-refractivity contribution in [3.8, 4) is 0 Å². The van der Waals surface area contributed by atoms with Gasteiger partial charge in [0, 0.05) is 19.2 Å². The van der Waals surface area contributed by atoms with Crippen molar-refractivity contribution in [1.29, 1.82) is 0 Å². The van der Waals surface area contributed by atoms with Crippen molar-refractivity contribution in [3.63, 3.8) is 0 Å². The first kappa shape index (κ1) is 13.6. The average molecular weight is 268 g/mol. The van der Waals surface area contributed by atoms with Crippen LogP contribution in [0.2, 0.25) is 5.15 Å². The number of aryl methyl sites for hydroxylation is 1. The molecule has 0 atom stereocenters. The molecule has 18 heavy (non-hydrogen) atoms. The zero-order valence-electron chi connectivity index (χ0n) is 11.5. The highest BCUT2D eigenvalue weighted by Crippen LogP contribution is 2.27. The van der Waals surface area contributed by atoms with Crippen LogP contribution in [0, 0.1) is 19.8 Å². The lowest BCUT2D eigenvalue weighted by molar-refractivity contribution is 0.361. The van der Waals surface area contributed by atoms with Crippen molar-refractivity contribution in [2.24, 2.45) is 5.92 Å². The maximum absolute atomic E-state index is 6.13. The SMILES string of the molecule is Cc1nc(Cl)c(C)c(N(C)CC2CCCCC2)n1. The van der Waals surface area contributed by atoms with E-state index in [4.69, 9.17) is 11.6 Å². The van der Waals surface area contributed by atoms with Gasteiger partial charge in [-0.3, -0.25) is 0 Å². The first-order valence-corrected chi connectivity index (χ1v) is 7.17. The normalized spacial score (nSPS) is 16.9. The lowest BCUT2D eigenvalue weighted by Crippen LogP contribution is -2.28. The summed E-state index contributed by atoms with van der Waals surface area (Å²) in [6, 6.07) is 0. The zero-order chi connectivity index (χ0) is 13.1. The molecule has 0 bridgehead atoms. The van der Waals surface area contributed by atoms with E-state index in [-0.39, 0.29) is 0 Å². The predicted octanol–water partition coefficient (Wildman–Crippen LogP) is 3.76. The molecule has 1 saturated carbocycles. The van der Waals surface area contributed by atoms with Crippen LogP contribution in [0.3, 0.4) is 0 Å². The highest BCUT2D eigenvalue weighted by molar-refractivity contribution is 6.30. The molecular weight excluding hydrogens is 246 g/mol. The van der Waals surface area contributed by atoms with Crippen LogP contribution >= 0.6 is 11.6 Å². The largest absolute Gasteiger partial charge is 0.359 e. The van der Waals surface area contributed by atoms with Gasteiger partial charge >= 0.3 is 0 Å². The standard InChI is InChI=1S/C14H22ClN3/c1-10-13(15)16-11(2)17-14(10)18(3)9-12-7-5-4-6-8-12/h12H,4-9H2,1-3H3. The van der Waals surface area contributed by atoms with Gasteiger partial charge in [-0.1, -0.05) is 30.9 Å². The van der Waals surface area contributed by atoms with Crippen LogP contribution in [0.5, 0.6) is 0 Å². The van der Waals surface area contributed by atoms with E-state index in [9.17, 15) is 0 Å². The molecule has 1 heterocycles. The summed E-state index contributed by atoms with van der Waals surface area (Å²) < 4.78 is 0. The third-order valence-electron chi connectivity index (χ3n) is 3.79. The van der Waals surface area contributed by atoms with Crippen molar-refractivity contribution < 1.29 is 0 Å². The molecule has 1 aromatic heterocycles. The minimum atomic E-state index is 0.577. The topological polar surface area (TPSA) is 29.0 Å². The second-order valence-corrected chi connectivity index (χ2v) is 5.75. The second-order valence-electron chi connectivity index (χ2n) is 5.39. The lowest BCUT2D eigenvalue weighted by Gasteiger charge is -2.28. The smallest absolute Gasteiger partial charge is 0.137 e. The summed E-state index contributed by atoms with van der Waals surface area (Å²) in [7, 11) is 2.11. The van der Waals surface area contributed by atoms with Gasteiger partial charge < -0.3 is 4.90 Å². The van der Waals surface area contributed by atoms with Crippen molar-refractivity contribution in [1.82, 2.24) is 9.97 Å². The fourth-order valence-electron chi connectivity index (χ4n) is 2.80. The first-order valence-electron chi connectivity index (χ1n) is 6.80. The number of hydrogen-bond donors (Lipinski definition) is 0. The summed E-state index contributed by atoms with van der Waals surface area (Å²) in [6.45, 7) is 4.96. The summed E-state index contributed by atoms with van der Waals surface area (Å²) >= 11 is 6.13. The fourth-order valence-corrected chi connectivity index (χ4v) is 3.00. The molecule has 1 aliphatic carbocycles. The van der Waals surface area contributed by atoms with Gasteiger partial charge in [-0.15, -0.1) is 0 Å². The highest BCUT2D eigenvalue weighted by atomic mass is 35.5. The average Bonchev–Trinajstić information content (AvgIpc) is 2.35. The molecule has 0 aliphatic heterocycles. The summed E-state index contributed by atoms with van der Waals surface area (Å²) in [5.74, 6) is 2.53. The molecule has 1 aliphatic rings. The monoisotopic (exact) mass is 267 g/mol. The molecule has 1 fully saturated rings. The summed E-state index contributed by atoms with van der Waals surface area (Å²) in [6.07, 6.45) is 6.85. The Morgan fingerprint density at radius 3 is 2.50 bits per heavy atom. The zero-order valence-corrected chi connectivity index (χ0v) is 12.3. The molecule has 3 nitrogen and oxygen atoms in total. The van der Waals surface area contributed by atoms with Gasteiger partial charge in [-0.2, -0.15) is 0 Å². The Labute approximate surface area is 115 Å². The Morgan fingerprint density at radius 2 is 1.83 bits per heavy atom. The molecule has 1 aromatic rings. The minimum Gasteiger partial charge on any atom is -0.359 e. The molecule has 2 rings (SSSR count). The summed E-state index contributed by atoms with van der Waals surface area (Å²) in [4.78, 5) is 11.0. The maximum atomic E-state index is 6.13. The lowest BCUT2D eigenvalue weighted by atomic mass is 9.89. The van der Waals surface area contributed by atoms with Crippen molar-refractivity contribution in [2.45, 2.75) is 46.0 Å². The van der Waals surface area contributed by atoms with Crippen LogP contribution < -0.4 is 4.90 Å². The molecule has 100 valence electrons. The van der Waals surface area contributed by atoms with E-state index in [0.717, 1.165) is 29.7 Å². The van der Waals surface area contributed by atoms with E-state index in [1.807, 2.05) is 13.8 Å². The van der Waals surface area contributed by atoms with E-state index in [1.54, 1.807) is 0 Å². The van der Waals surface area contributed by atoms with Crippen LogP contribution in [-0.2, 0) is 0 Å². The Morgan fingerprint density at radius 1 is 1.17 bits per heavy atom. The van der Waals surface area contributed by atoms with Crippen molar-refractivity contribution in [2.75, 3.05) is 18.5 Å². The maximum Gasteiger partial charge on any atom is 0.137 e. The minimum absolute atomic E-state index is 0.577. The Bertz CT molecular complexity index is 414. The van der Waals surface area contributed by atoms with Gasteiger partial charge in [0.2, 0.25) is 0 Å². The van der Waals surface area contributed by atoms with Crippen LogP contribution in [0.1, 0.15) is 43.5 Å². The van der Waals surface area contributed by atoms with Gasteiger partial charge in [0.25, 0.3) is 0 Å². The Kier molecular flexibility index (Phi) is 4.44. The quantitative estimate of drug-likeness (QED) is 0.781. The van der Waals surface area contributed by atoms with E-state index in [2.05, 4.69) is 21.9 Å². The molecule has 4 heteroatoms. The van der Waals surface area contributed by atoms with E-state index in [1.165, 1.54) is 32.1 Å². The summed E-state index contributed by atoms with van der Waals surface area (Å²) in [5.41, 5.74) is 0.987. The van der Waals surface area contributed by atoms with Gasteiger partial charge in [0.05, 0.1) is 0 Å². The molecule has 0 unspecified atom stereocenters. The molecule has 0 aromatic carbocycles. The van der Waals surface area contributed by atoms with E-state index >= 15 is 0 Å². The Balaban J connectivity index is 2.10. The predicted molar refractivity (Wildman–Crippen MR) is 76.4 cm³/mol. The molecule has 0 saturated heterocycles. The van der Waals surface area contributed by atoms with Gasteiger partial charge in [-0.05, 0) is 32.6 Å². The second kappa shape index (κ2) is 5.87. The number of hydrogen-bond acceptors (Lipinski definition) is 3. The molecule has 0 spiro atoms. The van der Waals surface area contributed by atoms with Gasteiger partial charge in [-0.25, -0.2) is 9.97 Å². The number of halogens is 1. The summed E-state index contributed by atoms with van der Waals surface area (Å²) in [5, 5.41) is 0.577. The van der Waals surface area contributed by atoms with Crippen molar-refractivity contribution in [3.05, 3.63) is 16.5 Å². The van der Waals surface area contributed by atoms with E-state index < -0.39 is 0 Å². The third kappa shape index (κ3) is 3.14. The number of nitrogens with zero attached hydrogens (tertiary/aromatic N) is 3. The number of aromatic nitrogens is 2. The first-order chi connectivity index (χ1) is 8.58. The highest BCUT2D eigenvalue weighted by Gasteiger charge is 2.18. The van der Waals surface area contributed by atoms with Crippen LogP contribution in [0.4, 0.5) is 5.82 Å². The van der Waals surface area contributed by atoms with Crippen LogP contribution in [0.15, 0.2) is 0 Å². The molecular formula is C14H22ClN3. The van der Waals surface area contributed by atoms with Gasteiger partial charge in [0.15, 0.2) is 0 Å². The number of rotatable bonds is 3. The van der Waals surface area contributed by atoms with E-state index in [0.29, 0.717) is 5.15 Å². The molecule has 0 amide bonds.